The number of aryl methyl sites for hydroxylation is 1. The number of rotatable bonds is 5. The van der Waals surface area contributed by atoms with Crippen LogP contribution in [0.4, 0.5) is 10.3 Å². The smallest absolute Gasteiger partial charge is 0.321 e. The first kappa shape index (κ1) is 14.2. The first-order valence-electron chi connectivity index (χ1n) is 6.44. The Morgan fingerprint density at radius 1 is 1.25 bits per heavy atom. The minimum atomic E-state index is -0.251. The second-order valence-corrected chi connectivity index (χ2v) is 4.36. The summed E-state index contributed by atoms with van der Waals surface area (Å²) in [6, 6.07) is 4.98. The van der Waals surface area contributed by atoms with Crippen molar-refractivity contribution >= 4 is 5.95 Å². The molecule has 20 heavy (non-hydrogen) atoms. The molecule has 1 aromatic carbocycles. The van der Waals surface area contributed by atoms with E-state index in [9.17, 15) is 4.39 Å². The molecule has 6 heteroatoms. The Bertz CT molecular complexity index is 604. The molecule has 0 radical (unpaired) electrons. The van der Waals surface area contributed by atoms with E-state index >= 15 is 0 Å². The van der Waals surface area contributed by atoms with Gasteiger partial charge in [0, 0.05) is 12.1 Å². The number of nitrogens with zero attached hydrogens (tertiary/aromatic N) is 3. The summed E-state index contributed by atoms with van der Waals surface area (Å²) in [5.41, 5.74) is 1.27. The lowest BCUT2D eigenvalue weighted by Gasteiger charge is -2.08. The van der Waals surface area contributed by atoms with Crippen molar-refractivity contribution in [2.24, 2.45) is 0 Å². The van der Waals surface area contributed by atoms with Gasteiger partial charge >= 0.3 is 6.01 Å². The molecule has 0 spiro atoms. The summed E-state index contributed by atoms with van der Waals surface area (Å²) < 4.78 is 18.4. The molecule has 0 aliphatic heterocycles. The van der Waals surface area contributed by atoms with E-state index in [-0.39, 0.29) is 11.8 Å². The van der Waals surface area contributed by atoms with E-state index in [1.807, 2.05) is 0 Å². The van der Waals surface area contributed by atoms with Crippen molar-refractivity contribution in [2.45, 2.75) is 20.3 Å². The molecule has 0 amide bonds. The summed E-state index contributed by atoms with van der Waals surface area (Å²) >= 11 is 0. The molecule has 0 atom stereocenters. The van der Waals surface area contributed by atoms with Crippen LogP contribution in [0, 0.1) is 12.7 Å². The SMILES string of the molecule is CCCNc1nc(OC)nc(-c2ccc(F)c(C)c2)n1. The van der Waals surface area contributed by atoms with Crippen LogP contribution >= 0.6 is 0 Å². The van der Waals surface area contributed by atoms with Gasteiger partial charge in [0.1, 0.15) is 5.82 Å². The van der Waals surface area contributed by atoms with E-state index in [1.165, 1.54) is 13.2 Å². The van der Waals surface area contributed by atoms with Gasteiger partial charge in [0.2, 0.25) is 5.95 Å². The maximum absolute atomic E-state index is 13.3. The summed E-state index contributed by atoms with van der Waals surface area (Å²) in [4.78, 5) is 12.6. The van der Waals surface area contributed by atoms with Gasteiger partial charge in [-0.1, -0.05) is 6.92 Å². The van der Waals surface area contributed by atoms with Crippen molar-refractivity contribution in [1.29, 1.82) is 0 Å². The van der Waals surface area contributed by atoms with Crippen molar-refractivity contribution in [1.82, 2.24) is 15.0 Å². The van der Waals surface area contributed by atoms with Gasteiger partial charge in [-0.15, -0.1) is 0 Å². The van der Waals surface area contributed by atoms with Gasteiger partial charge in [-0.3, -0.25) is 0 Å². The lowest BCUT2D eigenvalue weighted by molar-refractivity contribution is 0.379. The molecule has 0 fully saturated rings. The van der Waals surface area contributed by atoms with Gasteiger partial charge in [-0.05, 0) is 37.1 Å². The van der Waals surface area contributed by atoms with Crippen LogP contribution in [-0.2, 0) is 0 Å². The summed E-state index contributed by atoms with van der Waals surface area (Å²) in [6.45, 7) is 4.51. The molecular weight excluding hydrogens is 259 g/mol. The molecule has 0 aliphatic carbocycles. The van der Waals surface area contributed by atoms with Crippen LogP contribution in [0.15, 0.2) is 18.2 Å². The summed E-state index contributed by atoms with van der Waals surface area (Å²) in [5.74, 6) is 0.660. The van der Waals surface area contributed by atoms with E-state index < -0.39 is 0 Å². The normalized spacial score (nSPS) is 10.4. The number of hydrogen-bond donors (Lipinski definition) is 1. The molecule has 0 saturated heterocycles. The van der Waals surface area contributed by atoms with Crippen LogP contribution in [0.25, 0.3) is 11.4 Å². The molecule has 2 aromatic rings. The van der Waals surface area contributed by atoms with Crippen LogP contribution in [0.5, 0.6) is 6.01 Å². The van der Waals surface area contributed by atoms with Crippen molar-refractivity contribution < 1.29 is 9.13 Å². The Labute approximate surface area is 117 Å². The fraction of sp³-hybridized carbons (Fsp3) is 0.357. The fourth-order valence-electron chi connectivity index (χ4n) is 1.68. The zero-order valence-corrected chi connectivity index (χ0v) is 11.8. The number of benzene rings is 1. The lowest BCUT2D eigenvalue weighted by atomic mass is 10.1. The fourth-order valence-corrected chi connectivity index (χ4v) is 1.68. The molecule has 1 aromatic heterocycles. The summed E-state index contributed by atoms with van der Waals surface area (Å²) in [6.07, 6.45) is 0.957. The average molecular weight is 276 g/mol. The number of ether oxygens (including phenoxy) is 1. The van der Waals surface area contributed by atoms with Gasteiger partial charge in [-0.25, -0.2) is 4.39 Å². The predicted molar refractivity (Wildman–Crippen MR) is 75.3 cm³/mol. The molecule has 0 saturated carbocycles. The molecule has 5 nitrogen and oxygen atoms in total. The second kappa shape index (κ2) is 6.27. The van der Waals surface area contributed by atoms with E-state index in [4.69, 9.17) is 4.74 Å². The Kier molecular flexibility index (Phi) is 4.45. The average Bonchev–Trinajstić information content (AvgIpc) is 2.47. The Morgan fingerprint density at radius 3 is 2.70 bits per heavy atom. The molecule has 0 bridgehead atoms. The molecule has 1 N–H and O–H groups in total. The van der Waals surface area contributed by atoms with Gasteiger partial charge < -0.3 is 10.1 Å². The Morgan fingerprint density at radius 2 is 2.05 bits per heavy atom. The monoisotopic (exact) mass is 276 g/mol. The van der Waals surface area contributed by atoms with Crippen LogP contribution in [0.2, 0.25) is 0 Å². The number of aromatic nitrogens is 3. The first-order valence-corrected chi connectivity index (χ1v) is 6.44. The number of hydrogen-bond acceptors (Lipinski definition) is 5. The minimum Gasteiger partial charge on any atom is -0.467 e. The number of halogens is 1. The quantitative estimate of drug-likeness (QED) is 0.910. The highest BCUT2D eigenvalue weighted by molar-refractivity contribution is 5.57. The summed E-state index contributed by atoms with van der Waals surface area (Å²) in [5, 5.41) is 3.09. The predicted octanol–water partition coefficient (Wildman–Crippen LogP) is 2.82. The summed E-state index contributed by atoms with van der Waals surface area (Å²) in [7, 11) is 1.50. The highest BCUT2D eigenvalue weighted by Gasteiger charge is 2.10. The van der Waals surface area contributed by atoms with Crippen LogP contribution < -0.4 is 10.1 Å². The number of anilines is 1. The third-order valence-corrected chi connectivity index (χ3v) is 2.75. The van der Waals surface area contributed by atoms with E-state index in [1.54, 1.807) is 19.1 Å². The molecule has 0 unspecified atom stereocenters. The van der Waals surface area contributed by atoms with Gasteiger partial charge in [0.05, 0.1) is 7.11 Å². The van der Waals surface area contributed by atoms with Gasteiger partial charge in [-0.2, -0.15) is 15.0 Å². The van der Waals surface area contributed by atoms with E-state index in [0.717, 1.165) is 18.5 Å². The topological polar surface area (TPSA) is 59.9 Å². The second-order valence-electron chi connectivity index (χ2n) is 4.36. The molecular formula is C14H17FN4O. The number of nitrogens with one attached hydrogen (secondary N) is 1. The van der Waals surface area contributed by atoms with E-state index in [2.05, 4.69) is 27.2 Å². The van der Waals surface area contributed by atoms with E-state index in [0.29, 0.717) is 17.3 Å². The molecule has 2 rings (SSSR count). The lowest BCUT2D eigenvalue weighted by Crippen LogP contribution is -2.07. The standard InChI is InChI=1S/C14H17FN4O/c1-4-7-16-13-17-12(18-14(19-13)20-3)10-5-6-11(15)9(2)8-10/h5-6,8H,4,7H2,1-3H3,(H,16,17,18,19). The molecule has 1 heterocycles. The number of methoxy groups -OCH3 is 1. The third-order valence-electron chi connectivity index (χ3n) is 2.75. The van der Waals surface area contributed by atoms with Crippen molar-refractivity contribution in [3.05, 3.63) is 29.6 Å². The maximum Gasteiger partial charge on any atom is 0.321 e. The zero-order chi connectivity index (χ0) is 14.5. The zero-order valence-electron chi connectivity index (χ0n) is 11.8. The van der Waals surface area contributed by atoms with Crippen LogP contribution in [0.1, 0.15) is 18.9 Å². The highest BCUT2D eigenvalue weighted by Crippen LogP contribution is 2.21. The van der Waals surface area contributed by atoms with Crippen molar-refractivity contribution in [3.8, 4) is 17.4 Å². The molecule has 106 valence electrons. The first-order chi connectivity index (χ1) is 9.63. The minimum absolute atomic E-state index is 0.232. The largest absolute Gasteiger partial charge is 0.467 e. The highest BCUT2D eigenvalue weighted by atomic mass is 19.1. The van der Waals surface area contributed by atoms with Crippen molar-refractivity contribution in [2.75, 3.05) is 19.0 Å². The van der Waals surface area contributed by atoms with Crippen LogP contribution in [0.3, 0.4) is 0 Å². The van der Waals surface area contributed by atoms with Gasteiger partial charge in [0.25, 0.3) is 0 Å². The maximum atomic E-state index is 13.3. The van der Waals surface area contributed by atoms with Crippen LogP contribution in [-0.4, -0.2) is 28.6 Å². The Balaban J connectivity index is 2.41. The Hall–Kier alpha value is -2.24. The van der Waals surface area contributed by atoms with Crippen molar-refractivity contribution in [3.63, 3.8) is 0 Å². The molecule has 0 aliphatic rings. The van der Waals surface area contributed by atoms with Gasteiger partial charge in [0.15, 0.2) is 5.82 Å². The third kappa shape index (κ3) is 3.20.